The fourth-order valence-electron chi connectivity index (χ4n) is 3.09. The van der Waals surface area contributed by atoms with Crippen LogP contribution >= 0.6 is 0 Å². The minimum atomic E-state index is -0.205. The van der Waals surface area contributed by atoms with Crippen molar-refractivity contribution in [3.8, 4) is 5.82 Å². The van der Waals surface area contributed by atoms with Crippen LogP contribution in [0.5, 0.6) is 0 Å². The van der Waals surface area contributed by atoms with Crippen molar-refractivity contribution in [2.75, 3.05) is 0 Å². The van der Waals surface area contributed by atoms with Crippen LogP contribution in [0.1, 0.15) is 59.2 Å². The number of carbonyl (C=O) groups is 2. The molecule has 7 nitrogen and oxygen atoms in total. The highest BCUT2D eigenvalue weighted by Crippen LogP contribution is 2.14. The molecular formula is C23H27N5O2. The van der Waals surface area contributed by atoms with E-state index in [9.17, 15) is 9.59 Å². The largest absolute Gasteiger partial charge is 0.350 e. The second-order valence-corrected chi connectivity index (χ2v) is 7.12. The number of rotatable bonds is 8. The molecule has 1 aromatic carbocycles. The lowest BCUT2D eigenvalue weighted by Crippen LogP contribution is -2.32. The Morgan fingerprint density at radius 1 is 1.10 bits per heavy atom. The second-order valence-electron chi connectivity index (χ2n) is 7.12. The first-order valence-corrected chi connectivity index (χ1v) is 10.2. The molecule has 2 N–H and O–H groups in total. The Morgan fingerprint density at radius 3 is 2.63 bits per heavy atom. The quantitative estimate of drug-likeness (QED) is 0.602. The number of amides is 2. The van der Waals surface area contributed by atoms with Gasteiger partial charge >= 0.3 is 0 Å². The van der Waals surface area contributed by atoms with E-state index in [1.54, 1.807) is 29.2 Å². The van der Waals surface area contributed by atoms with E-state index in [2.05, 4.69) is 20.7 Å². The maximum absolute atomic E-state index is 12.8. The summed E-state index contributed by atoms with van der Waals surface area (Å²) < 4.78 is 1.69. The van der Waals surface area contributed by atoms with Gasteiger partial charge in [0.15, 0.2) is 5.82 Å². The predicted molar refractivity (Wildman–Crippen MR) is 116 cm³/mol. The van der Waals surface area contributed by atoms with Crippen molar-refractivity contribution in [1.29, 1.82) is 0 Å². The van der Waals surface area contributed by atoms with Crippen molar-refractivity contribution in [3.05, 3.63) is 77.2 Å². The molecule has 1 atom stereocenters. The van der Waals surface area contributed by atoms with Gasteiger partial charge in [-0.25, -0.2) is 9.67 Å². The van der Waals surface area contributed by atoms with E-state index in [0.29, 0.717) is 29.9 Å². The van der Waals surface area contributed by atoms with Crippen LogP contribution in [0.4, 0.5) is 0 Å². The highest BCUT2D eigenvalue weighted by molar-refractivity contribution is 5.96. The summed E-state index contributed by atoms with van der Waals surface area (Å²) in [6.07, 6.45) is 4.78. The summed E-state index contributed by atoms with van der Waals surface area (Å²) >= 11 is 0. The van der Waals surface area contributed by atoms with Gasteiger partial charge in [-0.3, -0.25) is 9.59 Å². The fraction of sp³-hybridized carbons (Fsp3) is 0.304. The van der Waals surface area contributed by atoms with Crippen LogP contribution in [0.25, 0.3) is 5.82 Å². The zero-order chi connectivity index (χ0) is 21.5. The molecule has 0 bridgehead atoms. The third kappa shape index (κ3) is 4.92. The van der Waals surface area contributed by atoms with E-state index < -0.39 is 0 Å². The summed E-state index contributed by atoms with van der Waals surface area (Å²) in [6, 6.07) is 13.0. The number of hydrogen-bond acceptors (Lipinski definition) is 4. The second kappa shape index (κ2) is 9.82. The molecule has 2 amide bonds. The average molecular weight is 406 g/mol. The predicted octanol–water partition coefficient (Wildman–Crippen LogP) is 3.29. The zero-order valence-corrected chi connectivity index (χ0v) is 17.6. The molecule has 1 unspecified atom stereocenters. The van der Waals surface area contributed by atoms with Gasteiger partial charge in [0.2, 0.25) is 0 Å². The molecule has 0 saturated heterocycles. The number of aromatic nitrogens is 3. The third-order valence-corrected chi connectivity index (χ3v) is 4.95. The Hall–Kier alpha value is -3.48. The Balaban J connectivity index is 1.70. The third-order valence-electron chi connectivity index (χ3n) is 4.95. The van der Waals surface area contributed by atoms with Gasteiger partial charge in [-0.1, -0.05) is 32.0 Å². The molecule has 0 aliphatic heterocycles. The van der Waals surface area contributed by atoms with Crippen LogP contribution in [0, 0.1) is 0 Å². The van der Waals surface area contributed by atoms with E-state index >= 15 is 0 Å². The van der Waals surface area contributed by atoms with Crippen molar-refractivity contribution < 1.29 is 9.59 Å². The number of nitrogens with one attached hydrogen (secondary N) is 2. The smallest absolute Gasteiger partial charge is 0.255 e. The minimum Gasteiger partial charge on any atom is -0.350 e. The van der Waals surface area contributed by atoms with Crippen molar-refractivity contribution in [1.82, 2.24) is 25.4 Å². The minimum absolute atomic E-state index is 0.109. The Kier molecular flexibility index (Phi) is 6.95. The maximum Gasteiger partial charge on any atom is 0.255 e. The van der Waals surface area contributed by atoms with E-state index in [4.69, 9.17) is 0 Å². The van der Waals surface area contributed by atoms with Gasteiger partial charge < -0.3 is 10.6 Å². The van der Waals surface area contributed by atoms with Crippen LogP contribution < -0.4 is 10.6 Å². The Labute approximate surface area is 176 Å². The molecule has 30 heavy (non-hydrogen) atoms. The lowest BCUT2D eigenvalue weighted by Gasteiger charge is -2.12. The molecule has 2 aromatic heterocycles. The molecule has 0 saturated carbocycles. The normalized spacial score (nSPS) is 11.7. The maximum atomic E-state index is 12.8. The van der Waals surface area contributed by atoms with Gasteiger partial charge in [0, 0.05) is 24.3 Å². The lowest BCUT2D eigenvalue weighted by molar-refractivity contribution is 0.0936. The number of nitrogens with zero attached hydrogens (tertiary/aromatic N) is 3. The first kappa shape index (κ1) is 21.2. The van der Waals surface area contributed by atoms with Crippen LogP contribution in [-0.4, -0.2) is 32.6 Å². The van der Waals surface area contributed by atoms with Crippen LogP contribution in [0.3, 0.4) is 0 Å². The number of hydrogen-bond donors (Lipinski definition) is 2. The SMILES string of the molecule is CCc1c(C(=O)NCc2cccc(C(=O)NC(C)CC)c2)cnn1-c1ccccn1. The van der Waals surface area contributed by atoms with Gasteiger partial charge in [0.25, 0.3) is 11.8 Å². The lowest BCUT2D eigenvalue weighted by atomic mass is 10.1. The highest BCUT2D eigenvalue weighted by Gasteiger charge is 2.17. The van der Waals surface area contributed by atoms with Crippen molar-refractivity contribution in [2.24, 2.45) is 0 Å². The monoisotopic (exact) mass is 405 g/mol. The fourth-order valence-corrected chi connectivity index (χ4v) is 3.09. The van der Waals surface area contributed by atoms with Crippen molar-refractivity contribution in [2.45, 2.75) is 46.2 Å². The van der Waals surface area contributed by atoms with Gasteiger partial charge in [-0.15, -0.1) is 0 Å². The topological polar surface area (TPSA) is 88.9 Å². The van der Waals surface area contributed by atoms with Gasteiger partial charge in [-0.05, 0) is 49.6 Å². The molecule has 0 aliphatic carbocycles. The molecule has 0 fully saturated rings. The summed E-state index contributed by atoms with van der Waals surface area (Å²) in [5.41, 5.74) is 2.76. The number of pyridine rings is 1. The summed E-state index contributed by atoms with van der Waals surface area (Å²) in [7, 11) is 0. The molecule has 156 valence electrons. The van der Waals surface area contributed by atoms with Crippen molar-refractivity contribution in [3.63, 3.8) is 0 Å². The van der Waals surface area contributed by atoms with E-state index in [1.807, 2.05) is 51.1 Å². The van der Waals surface area contributed by atoms with Crippen molar-refractivity contribution >= 4 is 11.8 Å². The molecule has 0 radical (unpaired) electrons. The van der Waals surface area contributed by atoms with E-state index in [1.165, 1.54) is 0 Å². The van der Waals surface area contributed by atoms with Crippen LogP contribution in [-0.2, 0) is 13.0 Å². The average Bonchev–Trinajstić information content (AvgIpc) is 3.22. The highest BCUT2D eigenvalue weighted by atomic mass is 16.2. The molecule has 2 heterocycles. The Bertz CT molecular complexity index is 1010. The van der Waals surface area contributed by atoms with Gasteiger partial charge in [0.1, 0.15) is 0 Å². The van der Waals surface area contributed by atoms with Gasteiger partial charge in [0.05, 0.1) is 17.5 Å². The van der Waals surface area contributed by atoms with E-state index in [0.717, 1.165) is 17.7 Å². The standard InChI is InChI=1S/C23H27N5O2/c1-4-16(3)27-22(29)18-10-8-9-17(13-18)14-25-23(30)19-15-26-28(20(19)5-2)21-11-6-7-12-24-21/h6-13,15-16H,4-5,14H2,1-3H3,(H,25,30)(H,27,29). The summed E-state index contributed by atoms with van der Waals surface area (Å²) in [5.74, 6) is 0.361. The van der Waals surface area contributed by atoms with Crippen LogP contribution in [0.2, 0.25) is 0 Å². The first-order chi connectivity index (χ1) is 14.5. The summed E-state index contributed by atoms with van der Waals surface area (Å²) in [5, 5.41) is 10.2. The number of benzene rings is 1. The van der Waals surface area contributed by atoms with Gasteiger partial charge in [-0.2, -0.15) is 5.10 Å². The number of carbonyl (C=O) groups excluding carboxylic acids is 2. The summed E-state index contributed by atoms with van der Waals surface area (Å²) in [6.45, 7) is 6.30. The first-order valence-electron chi connectivity index (χ1n) is 10.2. The molecule has 0 spiro atoms. The molecular weight excluding hydrogens is 378 g/mol. The van der Waals surface area contributed by atoms with E-state index in [-0.39, 0.29) is 17.9 Å². The molecule has 3 aromatic rings. The molecule has 3 rings (SSSR count). The zero-order valence-electron chi connectivity index (χ0n) is 17.6. The Morgan fingerprint density at radius 2 is 1.93 bits per heavy atom. The summed E-state index contributed by atoms with van der Waals surface area (Å²) in [4.78, 5) is 29.4. The molecule has 0 aliphatic rings. The van der Waals surface area contributed by atoms with Crippen LogP contribution in [0.15, 0.2) is 54.9 Å². The molecule has 7 heteroatoms.